The van der Waals surface area contributed by atoms with Crippen molar-refractivity contribution >= 4 is 32.1 Å². The molecule has 0 aromatic heterocycles. The molecule has 27 heavy (non-hydrogen) atoms. The van der Waals surface area contributed by atoms with Gasteiger partial charge in [-0.05, 0) is 0 Å². The summed E-state index contributed by atoms with van der Waals surface area (Å²) in [5.74, 6) is -28.4. The first-order chi connectivity index (χ1) is 11.8. The summed E-state index contributed by atoms with van der Waals surface area (Å²) >= 11 is 0. The van der Waals surface area contributed by atoms with Gasteiger partial charge in [0.25, 0.3) is 11.8 Å². The number of nitrogens with one attached hydrogen (secondary N) is 2. The van der Waals surface area contributed by atoms with Crippen LogP contribution in [0.5, 0.6) is 0 Å². The van der Waals surface area contributed by atoms with Gasteiger partial charge in [-0.25, -0.2) is 16.8 Å². The SMILES string of the molecule is O=C(NCCS(=O)(=O)[O-])C(F)(F)C(F)(F)C(F)(F)C(=O)NCCS(=O)(=O)[O-]. The van der Waals surface area contributed by atoms with Gasteiger partial charge in [-0.15, -0.1) is 0 Å². The van der Waals surface area contributed by atoms with Crippen molar-refractivity contribution in [3.63, 3.8) is 0 Å². The molecule has 2 amide bonds. The third-order valence-corrected chi connectivity index (χ3v) is 4.04. The molecule has 0 aromatic rings. The molecule has 0 aliphatic rings. The number of alkyl halides is 6. The molecule has 0 spiro atoms. The molecule has 0 aromatic carbocycles. The van der Waals surface area contributed by atoms with E-state index in [2.05, 4.69) is 0 Å². The van der Waals surface area contributed by atoms with Crippen LogP contribution in [0, 0.1) is 0 Å². The van der Waals surface area contributed by atoms with Crippen LogP contribution in [-0.2, 0) is 29.8 Å². The standard InChI is InChI=1S/C9H12F6N2O8S2/c10-7(11,5(18)16-1-3-26(20,21)22)9(14,15)8(12,13)6(19)17-2-4-27(23,24)25/h1-4H2,(H,16,18)(H,17,19)(H,20,21,22)(H,23,24,25)/p-2. The predicted octanol–water partition coefficient (Wildman–Crippen LogP) is -1.78. The van der Waals surface area contributed by atoms with Crippen LogP contribution in [0.4, 0.5) is 26.3 Å². The van der Waals surface area contributed by atoms with Gasteiger partial charge >= 0.3 is 17.8 Å². The molecule has 0 saturated carbocycles. The van der Waals surface area contributed by atoms with E-state index in [-0.39, 0.29) is 0 Å². The fourth-order valence-electron chi connectivity index (χ4n) is 1.28. The highest BCUT2D eigenvalue weighted by Crippen LogP contribution is 2.45. The van der Waals surface area contributed by atoms with Crippen LogP contribution in [0.25, 0.3) is 0 Å². The second kappa shape index (κ2) is 8.15. The number of halogens is 6. The number of hydrogen-bond donors (Lipinski definition) is 2. The minimum Gasteiger partial charge on any atom is -0.748 e. The van der Waals surface area contributed by atoms with Gasteiger partial charge in [-0.2, -0.15) is 26.3 Å². The Bertz CT molecular complexity index is 718. The molecule has 0 radical (unpaired) electrons. The van der Waals surface area contributed by atoms with E-state index in [0.29, 0.717) is 0 Å². The molecule has 0 saturated heterocycles. The lowest BCUT2D eigenvalue weighted by Gasteiger charge is -2.31. The van der Waals surface area contributed by atoms with Crippen molar-refractivity contribution < 1.29 is 61.9 Å². The van der Waals surface area contributed by atoms with Crippen molar-refractivity contribution in [1.82, 2.24) is 10.6 Å². The number of carbonyl (C=O) groups is 2. The molecule has 18 heteroatoms. The van der Waals surface area contributed by atoms with Crippen LogP contribution in [0.15, 0.2) is 0 Å². The smallest absolute Gasteiger partial charge is 0.393 e. The monoisotopic (exact) mass is 452 g/mol. The molecule has 0 aliphatic carbocycles. The van der Waals surface area contributed by atoms with Crippen molar-refractivity contribution in [1.29, 1.82) is 0 Å². The first kappa shape index (κ1) is 25.3. The highest BCUT2D eigenvalue weighted by molar-refractivity contribution is 7.85. The summed E-state index contributed by atoms with van der Waals surface area (Å²) in [6.07, 6.45) is 0. The Balaban J connectivity index is 5.28. The number of amides is 2. The van der Waals surface area contributed by atoms with Crippen LogP contribution in [0.2, 0.25) is 0 Å². The summed E-state index contributed by atoms with van der Waals surface area (Å²) in [5, 5.41) is 1.65. The van der Waals surface area contributed by atoms with Crippen LogP contribution >= 0.6 is 0 Å². The summed E-state index contributed by atoms with van der Waals surface area (Å²) in [5.41, 5.74) is 0. The quantitative estimate of drug-likeness (QED) is 0.289. The average molecular weight is 452 g/mol. The Morgan fingerprint density at radius 2 is 0.963 bits per heavy atom. The maximum Gasteiger partial charge on any atom is 0.393 e. The van der Waals surface area contributed by atoms with Crippen LogP contribution in [-0.4, -0.2) is 80.1 Å². The predicted molar refractivity (Wildman–Crippen MR) is 70.0 cm³/mol. The minimum absolute atomic E-state index is 0.826. The van der Waals surface area contributed by atoms with Crippen molar-refractivity contribution in [2.75, 3.05) is 24.6 Å². The van der Waals surface area contributed by atoms with Gasteiger partial charge in [-0.1, -0.05) is 0 Å². The largest absolute Gasteiger partial charge is 0.748 e. The van der Waals surface area contributed by atoms with Gasteiger partial charge in [0.05, 0.1) is 31.7 Å². The van der Waals surface area contributed by atoms with Gasteiger partial charge in [-0.3, -0.25) is 9.59 Å². The van der Waals surface area contributed by atoms with E-state index < -0.39 is 74.4 Å². The lowest BCUT2D eigenvalue weighted by atomic mass is 10.0. The van der Waals surface area contributed by atoms with Crippen molar-refractivity contribution in [2.45, 2.75) is 17.8 Å². The van der Waals surface area contributed by atoms with E-state index in [1.54, 1.807) is 0 Å². The average Bonchev–Trinajstić information content (AvgIpc) is 2.43. The molecular weight excluding hydrogens is 442 g/mol. The van der Waals surface area contributed by atoms with Crippen molar-refractivity contribution in [2.24, 2.45) is 0 Å². The maximum absolute atomic E-state index is 13.4. The lowest BCUT2D eigenvalue weighted by molar-refractivity contribution is -0.287. The first-order valence-corrected chi connectivity index (χ1v) is 9.48. The lowest BCUT2D eigenvalue weighted by Crippen LogP contribution is -2.65. The summed E-state index contributed by atoms with van der Waals surface area (Å²) in [4.78, 5) is 22.0. The Hall–Kier alpha value is -1.66. The molecule has 0 bridgehead atoms. The zero-order valence-corrected chi connectivity index (χ0v) is 14.3. The van der Waals surface area contributed by atoms with E-state index in [4.69, 9.17) is 0 Å². The Labute approximate surface area is 147 Å². The van der Waals surface area contributed by atoms with E-state index in [1.165, 1.54) is 0 Å². The number of carbonyl (C=O) groups excluding carboxylic acids is 2. The normalized spacial score (nSPS) is 13.9. The third-order valence-electron chi connectivity index (χ3n) is 2.63. The van der Waals surface area contributed by atoms with Gasteiger partial charge in [0.1, 0.15) is 0 Å². The molecule has 0 atom stereocenters. The molecular formula is C9H10F6N2O8S2-2. The minimum atomic E-state index is -6.65. The second-order valence-corrected chi connectivity index (χ2v) is 7.81. The topological polar surface area (TPSA) is 173 Å². The molecule has 10 nitrogen and oxygen atoms in total. The molecule has 0 rings (SSSR count). The Kier molecular flexibility index (Phi) is 7.65. The number of hydrogen-bond acceptors (Lipinski definition) is 8. The van der Waals surface area contributed by atoms with E-state index in [0.717, 1.165) is 10.6 Å². The van der Waals surface area contributed by atoms with Crippen LogP contribution in [0.3, 0.4) is 0 Å². The fourth-order valence-corrected chi connectivity index (χ4v) is 1.99. The maximum atomic E-state index is 13.4. The highest BCUT2D eigenvalue weighted by Gasteiger charge is 2.77. The summed E-state index contributed by atoms with van der Waals surface area (Å²) in [6.45, 7) is -2.81. The molecule has 0 aliphatic heterocycles. The van der Waals surface area contributed by atoms with Gasteiger partial charge in [0.2, 0.25) is 0 Å². The van der Waals surface area contributed by atoms with Gasteiger partial charge < -0.3 is 19.7 Å². The van der Waals surface area contributed by atoms with E-state index in [9.17, 15) is 61.9 Å². The van der Waals surface area contributed by atoms with Crippen LogP contribution < -0.4 is 10.6 Å². The van der Waals surface area contributed by atoms with Crippen molar-refractivity contribution in [3.8, 4) is 0 Å². The molecule has 0 heterocycles. The fraction of sp³-hybridized carbons (Fsp3) is 0.778. The van der Waals surface area contributed by atoms with E-state index in [1.807, 2.05) is 0 Å². The first-order valence-electron chi connectivity index (χ1n) is 6.33. The Morgan fingerprint density at radius 3 is 1.19 bits per heavy atom. The van der Waals surface area contributed by atoms with Gasteiger partial charge in [0, 0.05) is 13.1 Å². The van der Waals surface area contributed by atoms with Crippen LogP contribution in [0.1, 0.15) is 0 Å². The third kappa shape index (κ3) is 6.78. The molecule has 0 unspecified atom stereocenters. The molecule has 160 valence electrons. The summed E-state index contributed by atoms with van der Waals surface area (Å²) in [7, 11) is -10.1. The van der Waals surface area contributed by atoms with Gasteiger partial charge in [0.15, 0.2) is 0 Å². The number of rotatable bonds is 10. The summed E-state index contributed by atoms with van der Waals surface area (Å²) < 4.78 is 142. The zero-order chi connectivity index (χ0) is 21.9. The molecule has 0 fully saturated rings. The second-order valence-electron chi connectivity index (χ2n) is 4.76. The van der Waals surface area contributed by atoms with Crippen molar-refractivity contribution in [3.05, 3.63) is 0 Å². The Morgan fingerprint density at radius 1 is 0.704 bits per heavy atom. The highest BCUT2D eigenvalue weighted by atomic mass is 32.2. The van der Waals surface area contributed by atoms with E-state index >= 15 is 0 Å². The zero-order valence-electron chi connectivity index (χ0n) is 12.7. The summed E-state index contributed by atoms with van der Waals surface area (Å²) in [6, 6.07) is 0. The molecule has 2 N–H and O–H groups in total.